The Morgan fingerprint density at radius 2 is 2.20 bits per heavy atom. The molecule has 1 N–H and O–H groups in total. The van der Waals surface area contributed by atoms with Gasteiger partial charge in [0.15, 0.2) is 0 Å². The van der Waals surface area contributed by atoms with Gasteiger partial charge < -0.3 is 10.2 Å². The Morgan fingerprint density at radius 1 is 1.40 bits per heavy atom. The van der Waals surface area contributed by atoms with Gasteiger partial charge in [0.25, 0.3) is 0 Å². The summed E-state index contributed by atoms with van der Waals surface area (Å²) in [7, 11) is 0. The van der Waals surface area contributed by atoms with Gasteiger partial charge >= 0.3 is 0 Å². The van der Waals surface area contributed by atoms with E-state index in [1.165, 1.54) is 51.7 Å². The van der Waals surface area contributed by atoms with Crippen molar-refractivity contribution in [3.63, 3.8) is 0 Å². The Kier molecular flexibility index (Phi) is 6.26. The van der Waals surface area contributed by atoms with E-state index in [1.807, 2.05) is 0 Å². The van der Waals surface area contributed by atoms with Crippen LogP contribution >= 0.6 is 0 Å². The van der Waals surface area contributed by atoms with E-state index in [1.54, 1.807) is 0 Å². The standard InChI is InChI=1S/C13H28N2/c1-4-10-15-11-6-8-13(15)7-5-9-14-12(2)3/h12-14H,4-11H2,1-3H3. The van der Waals surface area contributed by atoms with E-state index in [0.717, 1.165) is 6.04 Å². The van der Waals surface area contributed by atoms with E-state index in [2.05, 4.69) is 31.0 Å². The van der Waals surface area contributed by atoms with E-state index in [9.17, 15) is 0 Å². The molecule has 0 radical (unpaired) electrons. The summed E-state index contributed by atoms with van der Waals surface area (Å²) in [5.41, 5.74) is 0. The van der Waals surface area contributed by atoms with Crippen LogP contribution in [0.15, 0.2) is 0 Å². The van der Waals surface area contributed by atoms with Crippen LogP contribution in [0.2, 0.25) is 0 Å². The van der Waals surface area contributed by atoms with Crippen molar-refractivity contribution < 1.29 is 0 Å². The van der Waals surface area contributed by atoms with Crippen LogP contribution in [0.5, 0.6) is 0 Å². The summed E-state index contributed by atoms with van der Waals surface area (Å²) < 4.78 is 0. The summed E-state index contributed by atoms with van der Waals surface area (Å²) in [6.45, 7) is 10.6. The molecular formula is C13H28N2. The van der Waals surface area contributed by atoms with Crippen molar-refractivity contribution in [2.24, 2.45) is 0 Å². The minimum atomic E-state index is 0.639. The fraction of sp³-hybridized carbons (Fsp3) is 1.00. The van der Waals surface area contributed by atoms with Gasteiger partial charge in [-0.05, 0) is 51.7 Å². The van der Waals surface area contributed by atoms with Crippen LogP contribution in [-0.4, -0.2) is 36.6 Å². The second-order valence-corrected chi connectivity index (χ2v) is 5.08. The van der Waals surface area contributed by atoms with Gasteiger partial charge in [-0.15, -0.1) is 0 Å². The lowest BCUT2D eigenvalue weighted by Gasteiger charge is -2.23. The predicted molar refractivity (Wildman–Crippen MR) is 67.3 cm³/mol. The maximum atomic E-state index is 3.50. The molecule has 1 unspecified atom stereocenters. The minimum Gasteiger partial charge on any atom is -0.315 e. The molecule has 0 aromatic carbocycles. The molecule has 1 aliphatic heterocycles. The second kappa shape index (κ2) is 7.24. The van der Waals surface area contributed by atoms with Crippen LogP contribution < -0.4 is 5.32 Å². The smallest absolute Gasteiger partial charge is 0.00962 e. The maximum Gasteiger partial charge on any atom is 0.00962 e. The average molecular weight is 212 g/mol. The highest BCUT2D eigenvalue weighted by atomic mass is 15.2. The van der Waals surface area contributed by atoms with Crippen molar-refractivity contribution in [1.29, 1.82) is 0 Å². The number of nitrogens with one attached hydrogen (secondary N) is 1. The minimum absolute atomic E-state index is 0.639. The fourth-order valence-electron chi connectivity index (χ4n) is 2.53. The molecule has 1 rings (SSSR count). The molecule has 1 fully saturated rings. The zero-order valence-corrected chi connectivity index (χ0v) is 10.8. The molecule has 0 aromatic heterocycles. The van der Waals surface area contributed by atoms with Crippen LogP contribution in [-0.2, 0) is 0 Å². The number of rotatable bonds is 7. The van der Waals surface area contributed by atoms with Crippen LogP contribution in [0.4, 0.5) is 0 Å². The summed E-state index contributed by atoms with van der Waals surface area (Å²) in [4.78, 5) is 2.69. The summed E-state index contributed by atoms with van der Waals surface area (Å²) >= 11 is 0. The van der Waals surface area contributed by atoms with Crippen molar-refractivity contribution >= 4 is 0 Å². The quantitative estimate of drug-likeness (QED) is 0.653. The van der Waals surface area contributed by atoms with E-state index in [-0.39, 0.29) is 0 Å². The lowest BCUT2D eigenvalue weighted by atomic mass is 10.1. The van der Waals surface area contributed by atoms with Crippen LogP contribution in [0.25, 0.3) is 0 Å². The monoisotopic (exact) mass is 212 g/mol. The molecule has 2 heteroatoms. The van der Waals surface area contributed by atoms with Gasteiger partial charge in [0.1, 0.15) is 0 Å². The Balaban J connectivity index is 2.09. The number of likely N-dealkylation sites (tertiary alicyclic amines) is 1. The summed E-state index contributed by atoms with van der Waals surface area (Å²) in [6, 6.07) is 1.53. The lowest BCUT2D eigenvalue weighted by molar-refractivity contribution is 0.239. The van der Waals surface area contributed by atoms with Gasteiger partial charge in [0.2, 0.25) is 0 Å². The zero-order valence-electron chi connectivity index (χ0n) is 10.8. The zero-order chi connectivity index (χ0) is 11.1. The first kappa shape index (κ1) is 13.0. The Labute approximate surface area is 95.4 Å². The molecule has 1 aliphatic rings. The SMILES string of the molecule is CCCN1CCCC1CCCNC(C)C. The topological polar surface area (TPSA) is 15.3 Å². The van der Waals surface area contributed by atoms with E-state index in [4.69, 9.17) is 0 Å². The largest absolute Gasteiger partial charge is 0.315 e. The molecule has 15 heavy (non-hydrogen) atoms. The van der Waals surface area contributed by atoms with Crippen molar-refractivity contribution in [2.45, 2.75) is 65.0 Å². The third-order valence-corrected chi connectivity index (χ3v) is 3.28. The highest BCUT2D eigenvalue weighted by Crippen LogP contribution is 2.21. The molecule has 0 amide bonds. The van der Waals surface area contributed by atoms with Gasteiger partial charge in [0.05, 0.1) is 0 Å². The Morgan fingerprint density at radius 3 is 2.87 bits per heavy atom. The van der Waals surface area contributed by atoms with Gasteiger partial charge in [0, 0.05) is 12.1 Å². The predicted octanol–water partition coefficient (Wildman–Crippen LogP) is 2.64. The number of hydrogen-bond donors (Lipinski definition) is 1. The van der Waals surface area contributed by atoms with Crippen molar-refractivity contribution in [3.8, 4) is 0 Å². The van der Waals surface area contributed by atoms with Crippen LogP contribution in [0.3, 0.4) is 0 Å². The normalized spacial score (nSPS) is 22.8. The lowest BCUT2D eigenvalue weighted by Crippen LogP contribution is -2.31. The van der Waals surface area contributed by atoms with Gasteiger partial charge in [-0.2, -0.15) is 0 Å². The number of hydrogen-bond acceptors (Lipinski definition) is 2. The van der Waals surface area contributed by atoms with Crippen molar-refractivity contribution in [2.75, 3.05) is 19.6 Å². The molecule has 2 nitrogen and oxygen atoms in total. The van der Waals surface area contributed by atoms with Crippen LogP contribution in [0.1, 0.15) is 52.9 Å². The first-order chi connectivity index (χ1) is 7.24. The van der Waals surface area contributed by atoms with Crippen LogP contribution in [0, 0.1) is 0 Å². The summed E-state index contributed by atoms with van der Waals surface area (Å²) in [5, 5.41) is 3.50. The molecular weight excluding hydrogens is 184 g/mol. The molecule has 0 bridgehead atoms. The van der Waals surface area contributed by atoms with Gasteiger partial charge in [-0.1, -0.05) is 20.8 Å². The first-order valence-electron chi connectivity index (χ1n) is 6.71. The first-order valence-corrected chi connectivity index (χ1v) is 6.71. The molecule has 0 aromatic rings. The third-order valence-electron chi connectivity index (χ3n) is 3.28. The molecule has 1 saturated heterocycles. The molecule has 0 spiro atoms. The number of nitrogens with zero attached hydrogens (tertiary/aromatic N) is 1. The Bertz CT molecular complexity index is 157. The molecule has 0 aliphatic carbocycles. The highest BCUT2D eigenvalue weighted by Gasteiger charge is 2.22. The fourth-order valence-corrected chi connectivity index (χ4v) is 2.53. The molecule has 1 atom stereocenters. The van der Waals surface area contributed by atoms with Gasteiger partial charge in [-0.3, -0.25) is 0 Å². The Hall–Kier alpha value is -0.0800. The van der Waals surface area contributed by atoms with Crippen molar-refractivity contribution in [3.05, 3.63) is 0 Å². The maximum absolute atomic E-state index is 3.50. The average Bonchev–Trinajstić information content (AvgIpc) is 2.61. The summed E-state index contributed by atoms with van der Waals surface area (Å²) in [6.07, 6.45) is 6.88. The van der Waals surface area contributed by atoms with Crippen molar-refractivity contribution in [1.82, 2.24) is 10.2 Å². The molecule has 90 valence electrons. The highest BCUT2D eigenvalue weighted by molar-refractivity contribution is 4.78. The molecule has 0 saturated carbocycles. The second-order valence-electron chi connectivity index (χ2n) is 5.08. The van der Waals surface area contributed by atoms with E-state index in [0.29, 0.717) is 6.04 Å². The summed E-state index contributed by atoms with van der Waals surface area (Å²) in [5.74, 6) is 0. The van der Waals surface area contributed by atoms with E-state index >= 15 is 0 Å². The van der Waals surface area contributed by atoms with E-state index < -0.39 is 0 Å². The van der Waals surface area contributed by atoms with Gasteiger partial charge in [-0.25, -0.2) is 0 Å². The molecule has 1 heterocycles. The third kappa shape index (κ3) is 4.98.